The molecule has 21 heavy (non-hydrogen) atoms. The first kappa shape index (κ1) is 12.1. The molecule has 106 valence electrons. The Balaban J connectivity index is 1.66. The van der Waals surface area contributed by atoms with E-state index in [2.05, 4.69) is 20.4 Å². The van der Waals surface area contributed by atoms with Crippen LogP contribution in [0.3, 0.4) is 0 Å². The van der Waals surface area contributed by atoms with E-state index in [0.717, 1.165) is 35.0 Å². The molecule has 1 amide bonds. The summed E-state index contributed by atoms with van der Waals surface area (Å²) in [4.78, 5) is 19.4. The molecule has 3 aromatic rings. The topological polar surface area (TPSA) is 75.6 Å². The number of fused-ring (bicyclic) bond motifs is 1. The van der Waals surface area contributed by atoms with Crippen molar-refractivity contribution in [3.05, 3.63) is 30.7 Å². The van der Waals surface area contributed by atoms with Crippen molar-refractivity contribution in [2.75, 3.05) is 5.32 Å². The number of aromatic amines is 1. The zero-order chi connectivity index (χ0) is 14.4. The molecule has 6 nitrogen and oxygen atoms in total. The predicted octanol–water partition coefficient (Wildman–Crippen LogP) is 2.31. The predicted molar refractivity (Wildman–Crippen MR) is 79.6 cm³/mol. The molecule has 1 aliphatic rings. The zero-order valence-electron chi connectivity index (χ0n) is 11.6. The van der Waals surface area contributed by atoms with Crippen molar-refractivity contribution in [1.29, 1.82) is 0 Å². The van der Waals surface area contributed by atoms with Crippen LogP contribution in [0.2, 0.25) is 0 Å². The molecule has 2 N–H and O–H groups in total. The maximum Gasteiger partial charge on any atom is 0.228 e. The van der Waals surface area contributed by atoms with Crippen molar-refractivity contribution < 1.29 is 4.79 Å². The van der Waals surface area contributed by atoms with Crippen LogP contribution in [0.5, 0.6) is 0 Å². The molecule has 3 heterocycles. The number of pyridine rings is 1. The van der Waals surface area contributed by atoms with E-state index in [9.17, 15) is 4.79 Å². The maximum absolute atomic E-state index is 11.8. The first-order chi connectivity index (χ1) is 10.2. The summed E-state index contributed by atoms with van der Waals surface area (Å²) >= 11 is 0. The third kappa shape index (κ3) is 2.29. The molecule has 0 saturated heterocycles. The van der Waals surface area contributed by atoms with Gasteiger partial charge in [0.05, 0.1) is 11.7 Å². The van der Waals surface area contributed by atoms with E-state index in [4.69, 9.17) is 0 Å². The van der Waals surface area contributed by atoms with Gasteiger partial charge in [0.1, 0.15) is 5.82 Å². The van der Waals surface area contributed by atoms with Crippen LogP contribution in [0.15, 0.2) is 30.7 Å². The fraction of sp³-hybridized carbons (Fsp3) is 0.267. The van der Waals surface area contributed by atoms with Crippen LogP contribution in [0.25, 0.3) is 22.2 Å². The van der Waals surface area contributed by atoms with E-state index < -0.39 is 0 Å². The Kier molecular flexibility index (Phi) is 2.57. The SMILES string of the molecule is Cn1cc(-c2cc3cnc(NC(=O)C4CC4)cc3[nH]2)cn1. The number of rotatable bonds is 3. The highest BCUT2D eigenvalue weighted by Gasteiger charge is 2.29. The van der Waals surface area contributed by atoms with E-state index in [1.807, 2.05) is 31.6 Å². The Morgan fingerprint density at radius 3 is 2.95 bits per heavy atom. The van der Waals surface area contributed by atoms with Crippen molar-refractivity contribution in [1.82, 2.24) is 19.7 Å². The lowest BCUT2D eigenvalue weighted by Crippen LogP contribution is -2.14. The van der Waals surface area contributed by atoms with E-state index in [1.54, 1.807) is 10.9 Å². The first-order valence-corrected chi connectivity index (χ1v) is 6.98. The Morgan fingerprint density at radius 1 is 1.38 bits per heavy atom. The van der Waals surface area contributed by atoms with Gasteiger partial charge in [0.25, 0.3) is 0 Å². The maximum atomic E-state index is 11.8. The van der Waals surface area contributed by atoms with Crippen molar-refractivity contribution in [2.45, 2.75) is 12.8 Å². The highest BCUT2D eigenvalue weighted by molar-refractivity contribution is 5.95. The lowest BCUT2D eigenvalue weighted by Gasteiger charge is -2.02. The molecule has 4 rings (SSSR count). The Labute approximate surface area is 121 Å². The number of aromatic nitrogens is 4. The van der Waals surface area contributed by atoms with Crippen molar-refractivity contribution in [2.24, 2.45) is 13.0 Å². The Hall–Kier alpha value is -2.63. The van der Waals surface area contributed by atoms with Crippen LogP contribution >= 0.6 is 0 Å². The van der Waals surface area contributed by atoms with Gasteiger partial charge in [-0.25, -0.2) is 4.98 Å². The molecular formula is C15H15N5O. The van der Waals surface area contributed by atoms with Gasteiger partial charge in [-0.05, 0) is 18.9 Å². The molecule has 0 aromatic carbocycles. The van der Waals surface area contributed by atoms with Gasteiger partial charge in [-0.1, -0.05) is 0 Å². The van der Waals surface area contributed by atoms with Crippen LogP contribution in [0.4, 0.5) is 5.82 Å². The van der Waals surface area contributed by atoms with Crippen LogP contribution in [-0.4, -0.2) is 25.7 Å². The molecule has 1 fully saturated rings. The summed E-state index contributed by atoms with van der Waals surface area (Å²) in [7, 11) is 1.89. The van der Waals surface area contributed by atoms with E-state index in [0.29, 0.717) is 5.82 Å². The standard InChI is InChI=1S/C15H15N5O/c1-20-8-11(7-17-20)12-4-10-6-16-14(5-13(10)18-12)19-15(21)9-2-3-9/h4-9,18H,2-3H2,1H3,(H,16,19,21). The minimum absolute atomic E-state index is 0.0703. The number of nitrogens with zero attached hydrogens (tertiary/aromatic N) is 3. The molecule has 1 saturated carbocycles. The van der Waals surface area contributed by atoms with E-state index in [-0.39, 0.29) is 11.8 Å². The Morgan fingerprint density at radius 2 is 2.24 bits per heavy atom. The van der Waals surface area contributed by atoms with Crippen molar-refractivity contribution in [3.63, 3.8) is 0 Å². The summed E-state index contributed by atoms with van der Waals surface area (Å²) in [5.41, 5.74) is 2.97. The van der Waals surface area contributed by atoms with Crippen LogP contribution < -0.4 is 5.32 Å². The minimum Gasteiger partial charge on any atom is -0.354 e. The summed E-state index contributed by atoms with van der Waals surface area (Å²) in [5, 5.41) is 8.05. The zero-order valence-corrected chi connectivity index (χ0v) is 11.6. The molecule has 0 aliphatic heterocycles. The van der Waals surface area contributed by atoms with Crippen LogP contribution in [0, 0.1) is 5.92 Å². The summed E-state index contributed by atoms with van der Waals surface area (Å²) in [6.07, 6.45) is 7.51. The monoisotopic (exact) mass is 281 g/mol. The Bertz CT molecular complexity index is 828. The summed E-state index contributed by atoms with van der Waals surface area (Å²) in [6.45, 7) is 0. The fourth-order valence-corrected chi connectivity index (χ4v) is 2.38. The number of carbonyl (C=O) groups is 1. The van der Waals surface area contributed by atoms with Gasteiger partial charge < -0.3 is 10.3 Å². The van der Waals surface area contributed by atoms with Gasteiger partial charge in [-0.15, -0.1) is 0 Å². The largest absolute Gasteiger partial charge is 0.354 e. The van der Waals surface area contributed by atoms with Crippen molar-refractivity contribution >= 4 is 22.6 Å². The summed E-state index contributed by atoms with van der Waals surface area (Å²) in [5.74, 6) is 0.844. The molecular weight excluding hydrogens is 266 g/mol. The molecule has 0 spiro atoms. The molecule has 6 heteroatoms. The molecule has 0 unspecified atom stereocenters. The highest BCUT2D eigenvalue weighted by Crippen LogP contribution is 2.30. The molecule has 1 aliphatic carbocycles. The molecule has 0 radical (unpaired) electrons. The second-order valence-electron chi connectivity index (χ2n) is 5.51. The second kappa shape index (κ2) is 4.44. The first-order valence-electron chi connectivity index (χ1n) is 6.98. The number of hydrogen-bond donors (Lipinski definition) is 2. The number of carbonyl (C=O) groups excluding carboxylic acids is 1. The summed E-state index contributed by atoms with van der Waals surface area (Å²) in [6, 6.07) is 3.90. The number of nitrogens with one attached hydrogen (secondary N) is 2. The van der Waals surface area contributed by atoms with Gasteiger partial charge in [-0.3, -0.25) is 9.48 Å². The van der Waals surface area contributed by atoms with Gasteiger partial charge in [-0.2, -0.15) is 5.10 Å². The number of amides is 1. The lowest BCUT2D eigenvalue weighted by molar-refractivity contribution is -0.117. The van der Waals surface area contributed by atoms with Gasteiger partial charge >= 0.3 is 0 Å². The number of H-pyrrole nitrogens is 1. The lowest BCUT2D eigenvalue weighted by atomic mass is 10.2. The number of aryl methyl sites for hydroxylation is 1. The molecule has 0 atom stereocenters. The quantitative estimate of drug-likeness (QED) is 0.773. The van der Waals surface area contributed by atoms with Gasteiger partial charge in [0.15, 0.2) is 0 Å². The van der Waals surface area contributed by atoms with E-state index >= 15 is 0 Å². The fourth-order valence-electron chi connectivity index (χ4n) is 2.38. The van der Waals surface area contributed by atoms with Gasteiger partial charge in [0, 0.05) is 48.1 Å². The van der Waals surface area contributed by atoms with Crippen LogP contribution in [-0.2, 0) is 11.8 Å². The smallest absolute Gasteiger partial charge is 0.228 e. The van der Waals surface area contributed by atoms with E-state index in [1.165, 1.54) is 0 Å². The number of anilines is 1. The van der Waals surface area contributed by atoms with Crippen LogP contribution in [0.1, 0.15) is 12.8 Å². The van der Waals surface area contributed by atoms with Crippen molar-refractivity contribution in [3.8, 4) is 11.3 Å². The highest BCUT2D eigenvalue weighted by atomic mass is 16.2. The molecule has 0 bridgehead atoms. The third-order valence-electron chi connectivity index (χ3n) is 3.72. The number of hydrogen-bond acceptors (Lipinski definition) is 3. The second-order valence-corrected chi connectivity index (χ2v) is 5.51. The van der Waals surface area contributed by atoms with Gasteiger partial charge in [0.2, 0.25) is 5.91 Å². The molecule has 3 aromatic heterocycles. The average Bonchev–Trinajstić information content (AvgIpc) is 3.10. The summed E-state index contributed by atoms with van der Waals surface area (Å²) < 4.78 is 1.76. The third-order valence-corrected chi connectivity index (χ3v) is 3.72. The normalized spacial score (nSPS) is 14.5. The average molecular weight is 281 g/mol. The minimum atomic E-state index is 0.0703.